The standard InChI is InChI=1S/C11H22N4O2S/c1-10(2)12-7-9-18(16,17)14-5-4-11-13-6-8-15(11)3/h6,8,10,12,14H,4-5,7,9H2,1-3H3. The van der Waals surface area contributed by atoms with E-state index in [1.165, 1.54) is 0 Å². The third kappa shape index (κ3) is 5.61. The van der Waals surface area contributed by atoms with Crippen LogP contribution in [0, 0.1) is 0 Å². The quantitative estimate of drug-likeness (QED) is 0.693. The van der Waals surface area contributed by atoms with Crippen LogP contribution in [0.1, 0.15) is 19.7 Å². The van der Waals surface area contributed by atoms with Crippen molar-refractivity contribution in [3.8, 4) is 0 Å². The molecule has 0 aliphatic heterocycles. The van der Waals surface area contributed by atoms with E-state index in [0.29, 0.717) is 25.6 Å². The summed E-state index contributed by atoms with van der Waals surface area (Å²) < 4.78 is 27.8. The van der Waals surface area contributed by atoms with Gasteiger partial charge in [0.1, 0.15) is 5.82 Å². The molecule has 0 bridgehead atoms. The number of aryl methyl sites for hydroxylation is 1. The lowest BCUT2D eigenvalue weighted by molar-refractivity contribution is 0.566. The first kappa shape index (κ1) is 15.1. The molecule has 0 amide bonds. The number of hydrogen-bond acceptors (Lipinski definition) is 4. The Morgan fingerprint density at radius 3 is 2.67 bits per heavy atom. The molecular weight excluding hydrogens is 252 g/mol. The van der Waals surface area contributed by atoms with Gasteiger partial charge in [-0.25, -0.2) is 18.1 Å². The smallest absolute Gasteiger partial charge is 0.212 e. The van der Waals surface area contributed by atoms with Gasteiger partial charge in [-0.15, -0.1) is 0 Å². The fraction of sp³-hybridized carbons (Fsp3) is 0.727. The van der Waals surface area contributed by atoms with Gasteiger partial charge >= 0.3 is 0 Å². The van der Waals surface area contributed by atoms with Gasteiger partial charge in [0.05, 0.1) is 5.75 Å². The molecule has 1 aromatic rings. The molecule has 0 saturated heterocycles. The van der Waals surface area contributed by atoms with E-state index in [9.17, 15) is 8.42 Å². The highest BCUT2D eigenvalue weighted by Gasteiger charge is 2.10. The third-order valence-corrected chi connectivity index (χ3v) is 3.90. The molecular formula is C11H22N4O2S. The summed E-state index contributed by atoms with van der Waals surface area (Å²) in [4.78, 5) is 4.14. The second-order valence-corrected chi connectivity index (χ2v) is 6.45. The number of imidazole rings is 1. The molecule has 0 spiro atoms. The Kier molecular flexibility index (Phi) is 5.77. The van der Waals surface area contributed by atoms with Gasteiger partial charge in [0, 0.05) is 45.0 Å². The van der Waals surface area contributed by atoms with Crippen molar-refractivity contribution in [1.82, 2.24) is 19.6 Å². The maximum absolute atomic E-state index is 11.6. The fourth-order valence-electron chi connectivity index (χ4n) is 1.51. The molecule has 0 unspecified atom stereocenters. The number of sulfonamides is 1. The predicted octanol–water partition coefficient (Wildman–Crippen LogP) is -0.120. The molecule has 2 N–H and O–H groups in total. The molecule has 0 atom stereocenters. The number of rotatable bonds is 8. The van der Waals surface area contributed by atoms with Gasteiger partial charge in [0.2, 0.25) is 10.0 Å². The summed E-state index contributed by atoms with van der Waals surface area (Å²) in [5, 5.41) is 3.08. The zero-order chi connectivity index (χ0) is 13.6. The SMILES string of the molecule is CC(C)NCCS(=O)(=O)NCCc1nccn1C. The van der Waals surface area contributed by atoms with Gasteiger partial charge in [-0.2, -0.15) is 0 Å². The van der Waals surface area contributed by atoms with Gasteiger partial charge < -0.3 is 9.88 Å². The number of aromatic nitrogens is 2. The van der Waals surface area contributed by atoms with Crippen molar-refractivity contribution in [2.45, 2.75) is 26.3 Å². The Hall–Kier alpha value is -0.920. The van der Waals surface area contributed by atoms with Crippen LogP contribution in [0.15, 0.2) is 12.4 Å². The van der Waals surface area contributed by atoms with Crippen LogP contribution in [0.2, 0.25) is 0 Å². The molecule has 104 valence electrons. The van der Waals surface area contributed by atoms with Crippen molar-refractivity contribution < 1.29 is 8.42 Å². The van der Waals surface area contributed by atoms with Crippen LogP contribution in [-0.2, 0) is 23.5 Å². The minimum atomic E-state index is -3.19. The molecule has 18 heavy (non-hydrogen) atoms. The van der Waals surface area contributed by atoms with Crippen LogP contribution in [0.25, 0.3) is 0 Å². The summed E-state index contributed by atoms with van der Waals surface area (Å²) in [6.45, 7) is 4.83. The normalized spacial score (nSPS) is 12.2. The molecule has 0 aliphatic carbocycles. The minimum absolute atomic E-state index is 0.103. The lowest BCUT2D eigenvalue weighted by Crippen LogP contribution is -2.35. The minimum Gasteiger partial charge on any atom is -0.338 e. The topological polar surface area (TPSA) is 76.0 Å². The van der Waals surface area contributed by atoms with Gasteiger partial charge in [0.25, 0.3) is 0 Å². The number of nitrogens with one attached hydrogen (secondary N) is 2. The summed E-state index contributed by atoms with van der Waals surface area (Å²) in [5.41, 5.74) is 0. The van der Waals surface area contributed by atoms with E-state index >= 15 is 0 Å². The summed E-state index contributed by atoms with van der Waals surface area (Å²) in [6, 6.07) is 0.299. The van der Waals surface area contributed by atoms with Gasteiger partial charge in [-0.3, -0.25) is 0 Å². The lowest BCUT2D eigenvalue weighted by atomic mass is 10.4. The molecule has 0 saturated carbocycles. The molecule has 1 heterocycles. The average molecular weight is 274 g/mol. The molecule has 0 aliphatic rings. The van der Waals surface area contributed by atoms with Crippen LogP contribution >= 0.6 is 0 Å². The molecule has 1 rings (SSSR count). The highest BCUT2D eigenvalue weighted by Crippen LogP contribution is 1.95. The Labute approximate surface area is 109 Å². The lowest BCUT2D eigenvalue weighted by Gasteiger charge is -2.09. The second kappa shape index (κ2) is 6.86. The van der Waals surface area contributed by atoms with Crippen molar-refractivity contribution in [2.24, 2.45) is 7.05 Å². The van der Waals surface area contributed by atoms with Crippen molar-refractivity contribution in [1.29, 1.82) is 0 Å². The highest BCUT2D eigenvalue weighted by molar-refractivity contribution is 7.89. The zero-order valence-electron chi connectivity index (χ0n) is 11.2. The molecule has 0 radical (unpaired) electrons. The Morgan fingerprint density at radius 2 is 2.11 bits per heavy atom. The summed E-state index contributed by atoms with van der Waals surface area (Å²) in [5.74, 6) is 0.976. The Balaban J connectivity index is 2.27. The maximum Gasteiger partial charge on any atom is 0.212 e. The third-order valence-electron chi connectivity index (χ3n) is 2.51. The van der Waals surface area contributed by atoms with Crippen LogP contribution in [-0.4, -0.2) is 42.9 Å². The Morgan fingerprint density at radius 1 is 1.39 bits per heavy atom. The van der Waals surface area contributed by atoms with Crippen LogP contribution in [0.4, 0.5) is 0 Å². The van der Waals surface area contributed by atoms with E-state index in [-0.39, 0.29) is 5.75 Å². The fourth-order valence-corrected chi connectivity index (χ4v) is 2.45. The van der Waals surface area contributed by atoms with E-state index in [0.717, 1.165) is 5.82 Å². The van der Waals surface area contributed by atoms with E-state index < -0.39 is 10.0 Å². The predicted molar refractivity (Wildman–Crippen MR) is 71.8 cm³/mol. The molecule has 7 heteroatoms. The summed E-state index contributed by atoms with van der Waals surface area (Å²) in [6.07, 6.45) is 4.15. The van der Waals surface area contributed by atoms with Crippen molar-refractivity contribution in [3.63, 3.8) is 0 Å². The largest absolute Gasteiger partial charge is 0.338 e. The van der Waals surface area contributed by atoms with E-state index in [4.69, 9.17) is 0 Å². The number of hydrogen-bond donors (Lipinski definition) is 2. The highest BCUT2D eigenvalue weighted by atomic mass is 32.2. The van der Waals surface area contributed by atoms with E-state index in [1.54, 1.807) is 6.20 Å². The molecule has 0 aromatic carbocycles. The van der Waals surface area contributed by atoms with Crippen LogP contribution in [0.5, 0.6) is 0 Å². The van der Waals surface area contributed by atoms with Crippen molar-refractivity contribution >= 4 is 10.0 Å². The average Bonchev–Trinajstić information content (AvgIpc) is 2.63. The monoisotopic (exact) mass is 274 g/mol. The van der Waals surface area contributed by atoms with Crippen molar-refractivity contribution in [2.75, 3.05) is 18.8 Å². The Bertz CT molecular complexity index is 453. The first-order valence-corrected chi connectivity index (χ1v) is 7.73. The first-order valence-electron chi connectivity index (χ1n) is 6.07. The van der Waals surface area contributed by atoms with Gasteiger partial charge in [-0.1, -0.05) is 13.8 Å². The second-order valence-electron chi connectivity index (χ2n) is 4.53. The van der Waals surface area contributed by atoms with Gasteiger partial charge in [0.15, 0.2) is 0 Å². The molecule has 1 aromatic heterocycles. The van der Waals surface area contributed by atoms with Crippen LogP contribution in [0.3, 0.4) is 0 Å². The molecule has 6 nitrogen and oxygen atoms in total. The summed E-state index contributed by atoms with van der Waals surface area (Å²) in [7, 11) is -1.30. The zero-order valence-corrected chi connectivity index (χ0v) is 12.0. The van der Waals surface area contributed by atoms with E-state index in [1.807, 2.05) is 31.7 Å². The van der Waals surface area contributed by atoms with E-state index in [2.05, 4.69) is 15.0 Å². The summed E-state index contributed by atoms with van der Waals surface area (Å²) >= 11 is 0. The van der Waals surface area contributed by atoms with Gasteiger partial charge in [-0.05, 0) is 0 Å². The molecule has 0 fully saturated rings. The number of nitrogens with zero attached hydrogens (tertiary/aromatic N) is 2. The van der Waals surface area contributed by atoms with Crippen molar-refractivity contribution in [3.05, 3.63) is 18.2 Å². The van der Waals surface area contributed by atoms with Crippen LogP contribution < -0.4 is 10.0 Å². The first-order chi connectivity index (χ1) is 8.41. The maximum atomic E-state index is 11.6.